The van der Waals surface area contributed by atoms with E-state index in [9.17, 15) is 8.78 Å². The van der Waals surface area contributed by atoms with E-state index in [2.05, 4.69) is 17.0 Å². The molecule has 106 valence electrons. The molecule has 0 heterocycles. The van der Waals surface area contributed by atoms with Crippen LogP contribution in [-0.2, 0) is 0 Å². The zero-order valence-corrected chi connectivity index (χ0v) is 11.9. The Hall–Kier alpha value is -0.740. The maximum atomic E-state index is 12.2. The molecule has 1 aliphatic rings. The number of hydrogen-bond acceptors (Lipinski definition) is 2. The summed E-state index contributed by atoms with van der Waals surface area (Å²) in [6, 6.07) is 3.50. The summed E-state index contributed by atoms with van der Waals surface area (Å²) in [5.74, 6) is 0.401. The van der Waals surface area contributed by atoms with E-state index in [0.717, 1.165) is 12.1 Å². The predicted octanol–water partition coefficient (Wildman–Crippen LogP) is 5.20. The fourth-order valence-electron chi connectivity index (χ4n) is 2.42. The number of rotatable bonds is 4. The van der Waals surface area contributed by atoms with Crippen molar-refractivity contribution in [3.8, 4) is 5.75 Å². The smallest absolute Gasteiger partial charge is 0.387 e. The first-order valence-electron chi connectivity index (χ1n) is 6.17. The third-order valence-electron chi connectivity index (χ3n) is 3.42. The molecular formula is C13H15Cl2F2NO. The lowest BCUT2D eigenvalue weighted by Crippen LogP contribution is -2.21. The lowest BCUT2D eigenvalue weighted by atomic mass is 10.1. The molecule has 0 aliphatic heterocycles. The molecule has 2 rings (SSSR count). The highest BCUT2D eigenvalue weighted by molar-refractivity contribution is 6.37. The SMILES string of the molecule is CC1CCCC1Nc1cc(Cl)c(OC(F)F)c(Cl)c1. The van der Waals surface area contributed by atoms with Crippen molar-refractivity contribution in [1.29, 1.82) is 0 Å². The van der Waals surface area contributed by atoms with Gasteiger partial charge in [-0.25, -0.2) is 0 Å². The van der Waals surface area contributed by atoms with Crippen LogP contribution in [0.3, 0.4) is 0 Å². The van der Waals surface area contributed by atoms with E-state index in [1.807, 2.05) is 0 Å². The van der Waals surface area contributed by atoms with Crippen molar-refractivity contribution in [2.75, 3.05) is 5.32 Å². The van der Waals surface area contributed by atoms with Crippen molar-refractivity contribution in [2.24, 2.45) is 5.92 Å². The van der Waals surface area contributed by atoms with Crippen molar-refractivity contribution in [3.63, 3.8) is 0 Å². The van der Waals surface area contributed by atoms with Crippen molar-refractivity contribution >= 4 is 28.9 Å². The quantitative estimate of drug-likeness (QED) is 0.826. The van der Waals surface area contributed by atoms with E-state index in [1.165, 1.54) is 12.8 Å². The van der Waals surface area contributed by atoms with E-state index in [-0.39, 0.29) is 15.8 Å². The fraction of sp³-hybridized carbons (Fsp3) is 0.538. The Balaban J connectivity index is 2.15. The molecule has 19 heavy (non-hydrogen) atoms. The van der Waals surface area contributed by atoms with E-state index in [0.29, 0.717) is 12.0 Å². The molecule has 0 radical (unpaired) electrons. The maximum absolute atomic E-state index is 12.2. The third-order valence-corrected chi connectivity index (χ3v) is 3.98. The van der Waals surface area contributed by atoms with Gasteiger partial charge in [-0.3, -0.25) is 0 Å². The first-order chi connectivity index (χ1) is 8.97. The van der Waals surface area contributed by atoms with Gasteiger partial charge >= 0.3 is 6.61 Å². The Kier molecular flexibility index (Phi) is 4.74. The summed E-state index contributed by atoms with van der Waals surface area (Å²) in [6.07, 6.45) is 3.46. The number of benzene rings is 1. The molecule has 2 unspecified atom stereocenters. The van der Waals surface area contributed by atoms with Gasteiger partial charge in [0.1, 0.15) is 0 Å². The summed E-state index contributed by atoms with van der Waals surface area (Å²) in [4.78, 5) is 0. The Labute approximate surface area is 121 Å². The molecule has 1 aromatic rings. The average Bonchev–Trinajstić information content (AvgIpc) is 2.69. The zero-order valence-electron chi connectivity index (χ0n) is 10.4. The monoisotopic (exact) mass is 309 g/mol. The highest BCUT2D eigenvalue weighted by Gasteiger charge is 2.23. The fourth-order valence-corrected chi connectivity index (χ4v) is 2.99. The molecule has 0 bridgehead atoms. The third kappa shape index (κ3) is 3.63. The molecule has 0 spiro atoms. The van der Waals surface area contributed by atoms with Gasteiger partial charge in [0.25, 0.3) is 0 Å². The van der Waals surface area contributed by atoms with Crippen LogP contribution in [0.1, 0.15) is 26.2 Å². The molecule has 0 saturated heterocycles. The predicted molar refractivity (Wildman–Crippen MR) is 73.5 cm³/mol. The molecule has 1 N–H and O–H groups in total. The Morgan fingerprint density at radius 1 is 1.26 bits per heavy atom. The summed E-state index contributed by atoms with van der Waals surface area (Å²) >= 11 is 11.8. The van der Waals surface area contributed by atoms with Crippen LogP contribution in [0.5, 0.6) is 5.75 Å². The molecular weight excluding hydrogens is 295 g/mol. The highest BCUT2D eigenvalue weighted by Crippen LogP contribution is 2.38. The van der Waals surface area contributed by atoms with E-state index in [1.54, 1.807) is 12.1 Å². The van der Waals surface area contributed by atoms with Gasteiger partial charge in [0.2, 0.25) is 0 Å². The maximum Gasteiger partial charge on any atom is 0.387 e. The van der Waals surface area contributed by atoms with Crippen LogP contribution in [0.25, 0.3) is 0 Å². The molecule has 2 nitrogen and oxygen atoms in total. The topological polar surface area (TPSA) is 21.3 Å². The Bertz CT molecular complexity index is 433. The Morgan fingerprint density at radius 3 is 2.37 bits per heavy atom. The van der Waals surface area contributed by atoms with Crippen molar-refractivity contribution in [1.82, 2.24) is 0 Å². The number of hydrogen-bond donors (Lipinski definition) is 1. The molecule has 6 heteroatoms. The van der Waals surface area contributed by atoms with Gasteiger partial charge in [-0.2, -0.15) is 8.78 Å². The minimum absolute atomic E-state index is 0.0842. The van der Waals surface area contributed by atoms with Crippen molar-refractivity contribution < 1.29 is 13.5 Å². The van der Waals surface area contributed by atoms with Gasteiger partial charge < -0.3 is 10.1 Å². The van der Waals surface area contributed by atoms with Crippen LogP contribution >= 0.6 is 23.2 Å². The minimum atomic E-state index is -2.94. The molecule has 0 amide bonds. The van der Waals surface area contributed by atoms with E-state index in [4.69, 9.17) is 23.2 Å². The van der Waals surface area contributed by atoms with Crippen LogP contribution in [0.2, 0.25) is 10.0 Å². The standard InChI is InChI=1S/C13H15Cl2F2NO/c1-7-3-2-4-11(7)18-8-5-9(14)12(10(15)6-8)19-13(16)17/h5-7,11,13,18H,2-4H2,1H3. The average molecular weight is 310 g/mol. The summed E-state index contributed by atoms with van der Waals surface area (Å²) in [6.45, 7) is -0.758. The van der Waals surface area contributed by atoms with Gasteiger partial charge in [-0.05, 0) is 30.9 Å². The number of nitrogens with one attached hydrogen (secondary N) is 1. The molecule has 1 aromatic carbocycles. The largest absolute Gasteiger partial charge is 0.432 e. The van der Waals surface area contributed by atoms with Crippen LogP contribution in [-0.4, -0.2) is 12.7 Å². The summed E-state index contributed by atoms with van der Waals surface area (Å²) < 4.78 is 28.7. The highest BCUT2D eigenvalue weighted by atomic mass is 35.5. The first kappa shape index (κ1) is 14.7. The number of alkyl halides is 2. The van der Waals surface area contributed by atoms with Crippen LogP contribution < -0.4 is 10.1 Å². The molecule has 1 aliphatic carbocycles. The van der Waals surface area contributed by atoms with Gasteiger partial charge in [-0.1, -0.05) is 36.5 Å². The summed E-state index contributed by atoms with van der Waals surface area (Å²) in [7, 11) is 0. The lowest BCUT2D eigenvalue weighted by Gasteiger charge is -2.20. The summed E-state index contributed by atoms with van der Waals surface area (Å²) in [5.41, 5.74) is 0.732. The molecule has 1 saturated carbocycles. The minimum Gasteiger partial charge on any atom is -0.432 e. The number of anilines is 1. The lowest BCUT2D eigenvalue weighted by molar-refractivity contribution is -0.0497. The molecule has 2 atom stereocenters. The van der Waals surface area contributed by atoms with Crippen LogP contribution in [0, 0.1) is 5.92 Å². The molecule has 1 fully saturated rings. The normalized spacial score (nSPS) is 22.8. The van der Waals surface area contributed by atoms with Gasteiger partial charge in [0.05, 0.1) is 10.0 Å². The number of ether oxygens (including phenoxy) is 1. The summed E-state index contributed by atoms with van der Waals surface area (Å²) in [5, 5.41) is 3.51. The second-order valence-electron chi connectivity index (χ2n) is 4.81. The second-order valence-corrected chi connectivity index (χ2v) is 5.62. The molecule has 0 aromatic heterocycles. The van der Waals surface area contributed by atoms with Crippen LogP contribution in [0.4, 0.5) is 14.5 Å². The van der Waals surface area contributed by atoms with E-state index >= 15 is 0 Å². The van der Waals surface area contributed by atoms with Crippen molar-refractivity contribution in [2.45, 2.75) is 38.8 Å². The van der Waals surface area contributed by atoms with Crippen LogP contribution in [0.15, 0.2) is 12.1 Å². The van der Waals surface area contributed by atoms with Crippen molar-refractivity contribution in [3.05, 3.63) is 22.2 Å². The number of halogens is 4. The van der Waals surface area contributed by atoms with E-state index < -0.39 is 6.61 Å². The van der Waals surface area contributed by atoms with Gasteiger partial charge in [0, 0.05) is 11.7 Å². The van der Waals surface area contributed by atoms with Gasteiger partial charge in [-0.15, -0.1) is 0 Å². The van der Waals surface area contributed by atoms with Gasteiger partial charge in [0.15, 0.2) is 5.75 Å². The Morgan fingerprint density at radius 2 is 1.89 bits per heavy atom. The zero-order chi connectivity index (χ0) is 14.0. The first-order valence-corrected chi connectivity index (χ1v) is 6.93. The second kappa shape index (κ2) is 6.14.